The van der Waals surface area contributed by atoms with Crippen molar-refractivity contribution in [2.45, 2.75) is 17.5 Å². The number of benzene rings is 3. The number of halogens is 4. The minimum Gasteiger partial charge on any atom is -0.296 e. The van der Waals surface area contributed by atoms with Crippen LogP contribution in [-0.4, -0.2) is 25.1 Å². The molecule has 0 bridgehead atoms. The molecule has 0 amide bonds. The first-order chi connectivity index (χ1) is 16.5. The zero-order valence-electron chi connectivity index (χ0n) is 17.6. The van der Waals surface area contributed by atoms with E-state index in [0.29, 0.717) is 28.8 Å². The summed E-state index contributed by atoms with van der Waals surface area (Å²) in [5.74, 6) is -0.639. The molecule has 7 nitrogen and oxygen atoms in total. The van der Waals surface area contributed by atoms with E-state index in [1.165, 1.54) is 34.6 Å². The Morgan fingerprint density at radius 2 is 1.66 bits per heavy atom. The summed E-state index contributed by atoms with van der Waals surface area (Å²) in [5.41, 5.74) is 2.13. The molecule has 0 saturated heterocycles. The molecule has 0 radical (unpaired) electrons. The molecule has 180 valence electrons. The first kappa shape index (κ1) is 23.2. The third-order valence-electron chi connectivity index (χ3n) is 5.69. The number of nitrogens with zero attached hydrogens (tertiary/aromatic N) is 2. The van der Waals surface area contributed by atoms with Gasteiger partial charge in [-0.25, -0.2) is 13.2 Å². The zero-order chi connectivity index (χ0) is 25.0. The van der Waals surface area contributed by atoms with Crippen LogP contribution in [0.4, 0.5) is 18.9 Å². The number of H-pyrrole nitrogens is 1. The minimum absolute atomic E-state index is 0.0545. The van der Waals surface area contributed by atoms with Crippen molar-refractivity contribution in [2.24, 2.45) is 0 Å². The van der Waals surface area contributed by atoms with E-state index in [1.807, 2.05) is 0 Å². The number of rotatable bonds is 4. The lowest BCUT2D eigenvalue weighted by molar-refractivity contribution is -0.137. The molecule has 1 aliphatic rings. The zero-order valence-corrected chi connectivity index (χ0v) is 19.2. The standard InChI is InChI=1S/C23H15ClF3N3O4S/c24-18-12-16(21-28-22(31)34-29-21)4-8-20(18)35(32,33)30-10-9-15-11-14(3-7-19(15)30)13-1-5-17(6-2-13)23(25,26)27/h1-8,11-12H,9-10H2,(H,28,29,31). The van der Waals surface area contributed by atoms with Gasteiger partial charge >= 0.3 is 11.9 Å². The predicted molar refractivity (Wildman–Crippen MR) is 123 cm³/mol. The van der Waals surface area contributed by atoms with E-state index in [-0.39, 0.29) is 22.3 Å². The second kappa shape index (κ2) is 8.28. The van der Waals surface area contributed by atoms with E-state index >= 15 is 0 Å². The lowest BCUT2D eigenvalue weighted by atomic mass is 10.0. The first-order valence-corrected chi connectivity index (χ1v) is 12.0. The maximum atomic E-state index is 13.4. The SMILES string of the molecule is O=c1[nH]c(-c2ccc(S(=O)(=O)N3CCc4cc(-c5ccc(C(F)(F)F)cc5)ccc43)c(Cl)c2)no1. The number of aromatic amines is 1. The molecule has 0 spiro atoms. The van der Waals surface area contributed by atoms with E-state index in [2.05, 4.69) is 14.7 Å². The quantitative estimate of drug-likeness (QED) is 0.402. The summed E-state index contributed by atoms with van der Waals surface area (Å²) in [6, 6.07) is 14.0. The third kappa shape index (κ3) is 4.21. The number of alkyl halides is 3. The fourth-order valence-electron chi connectivity index (χ4n) is 3.98. The van der Waals surface area contributed by atoms with Gasteiger partial charge in [0.15, 0.2) is 5.82 Å². The van der Waals surface area contributed by atoms with Crippen LogP contribution in [0.15, 0.2) is 74.9 Å². The van der Waals surface area contributed by atoms with Crippen molar-refractivity contribution < 1.29 is 26.1 Å². The second-order valence-corrected chi connectivity index (χ2v) is 10.1. The van der Waals surface area contributed by atoms with E-state index in [1.54, 1.807) is 18.2 Å². The molecule has 3 aromatic carbocycles. The lowest BCUT2D eigenvalue weighted by Crippen LogP contribution is -2.29. The van der Waals surface area contributed by atoms with Gasteiger partial charge in [-0.05, 0) is 65.6 Å². The van der Waals surface area contributed by atoms with E-state index in [9.17, 15) is 26.4 Å². The molecule has 1 aromatic heterocycles. The van der Waals surface area contributed by atoms with Gasteiger partial charge in [0.1, 0.15) is 4.90 Å². The van der Waals surface area contributed by atoms with E-state index in [0.717, 1.165) is 17.7 Å². The Hall–Kier alpha value is -3.57. The summed E-state index contributed by atoms with van der Waals surface area (Å²) >= 11 is 6.29. The van der Waals surface area contributed by atoms with Crippen molar-refractivity contribution in [3.05, 3.63) is 87.4 Å². The molecule has 0 aliphatic carbocycles. The monoisotopic (exact) mass is 521 g/mol. The summed E-state index contributed by atoms with van der Waals surface area (Å²) < 4.78 is 71.0. The molecular weight excluding hydrogens is 507 g/mol. The van der Waals surface area contributed by atoms with E-state index < -0.39 is 27.5 Å². The van der Waals surface area contributed by atoms with Gasteiger partial charge in [0.25, 0.3) is 10.0 Å². The highest BCUT2D eigenvalue weighted by molar-refractivity contribution is 7.93. The van der Waals surface area contributed by atoms with Gasteiger partial charge in [-0.1, -0.05) is 35.0 Å². The number of hydrogen-bond donors (Lipinski definition) is 1. The topological polar surface area (TPSA) is 96.3 Å². The maximum absolute atomic E-state index is 13.4. The molecule has 0 atom stereocenters. The Balaban J connectivity index is 1.44. The van der Waals surface area contributed by atoms with Crippen LogP contribution in [0.25, 0.3) is 22.5 Å². The van der Waals surface area contributed by atoms with Gasteiger partial charge in [0.05, 0.1) is 16.3 Å². The summed E-state index contributed by atoms with van der Waals surface area (Å²) in [7, 11) is -4.02. The number of sulfonamides is 1. The molecule has 4 aromatic rings. The Morgan fingerprint density at radius 1 is 0.971 bits per heavy atom. The van der Waals surface area contributed by atoms with Crippen LogP contribution >= 0.6 is 11.6 Å². The highest BCUT2D eigenvalue weighted by Crippen LogP contribution is 2.38. The van der Waals surface area contributed by atoms with Gasteiger partial charge in [-0.3, -0.25) is 13.8 Å². The number of aromatic nitrogens is 2. The highest BCUT2D eigenvalue weighted by Gasteiger charge is 2.33. The van der Waals surface area contributed by atoms with Crippen molar-refractivity contribution in [3.63, 3.8) is 0 Å². The number of fused-ring (bicyclic) bond motifs is 1. The third-order valence-corrected chi connectivity index (χ3v) is 7.99. The number of nitrogens with one attached hydrogen (secondary N) is 1. The highest BCUT2D eigenvalue weighted by atomic mass is 35.5. The van der Waals surface area contributed by atoms with Crippen molar-refractivity contribution in [1.29, 1.82) is 0 Å². The fraction of sp³-hybridized carbons (Fsp3) is 0.130. The molecule has 0 fully saturated rings. The van der Waals surface area contributed by atoms with E-state index in [4.69, 9.17) is 11.6 Å². The number of anilines is 1. The molecule has 12 heteroatoms. The van der Waals surface area contributed by atoms with Gasteiger partial charge in [0.2, 0.25) is 0 Å². The van der Waals surface area contributed by atoms with Crippen LogP contribution in [0.5, 0.6) is 0 Å². The molecule has 35 heavy (non-hydrogen) atoms. The molecule has 0 unspecified atom stereocenters. The van der Waals surface area contributed by atoms with Gasteiger partial charge in [-0.15, -0.1) is 0 Å². The Morgan fingerprint density at radius 3 is 2.29 bits per heavy atom. The molecule has 1 N–H and O–H groups in total. The van der Waals surface area contributed by atoms with Crippen molar-refractivity contribution >= 4 is 27.3 Å². The summed E-state index contributed by atoms with van der Waals surface area (Å²) in [6.45, 7) is 0.183. The van der Waals surface area contributed by atoms with Crippen LogP contribution < -0.4 is 10.1 Å². The first-order valence-electron chi connectivity index (χ1n) is 10.2. The van der Waals surface area contributed by atoms with Gasteiger partial charge in [-0.2, -0.15) is 13.2 Å². The summed E-state index contributed by atoms with van der Waals surface area (Å²) in [5, 5.41) is 3.50. The van der Waals surface area contributed by atoms with Crippen molar-refractivity contribution in [1.82, 2.24) is 10.1 Å². The summed E-state index contributed by atoms with van der Waals surface area (Å²) in [4.78, 5) is 13.4. The van der Waals surface area contributed by atoms with Crippen LogP contribution in [0, 0.1) is 0 Å². The predicted octanol–water partition coefficient (Wildman–Crippen LogP) is 5.12. The molecule has 2 heterocycles. The summed E-state index contributed by atoms with van der Waals surface area (Å²) in [6.07, 6.45) is -3.99. The second-order valence-electron chi connectivity index (χ2n) is 7.83. The Kier molecular flexibility index (Phi) is 5.48. The lowest BCUT2D eigenvalue weighted by Gasteiger charge is -2.20. The van der Waals surface area contributed by atoms with Crippen LogP contribution in [0.2, 0.25) is 5.02 Å². The molecule has 5 rings (SSSR count). The van der Waals surface area contributed by atoms with Gasteiger partial charge < -0.3 is 0 Å². The minimum atomic E-state index is -4.42. The molecule has 1 aliphatic heterocycles. The molecule has 0 saturated carbocycles. The Labute approximate surface area is 201 Å². The average molecular weight is 522 g/mol. The largest absolute Gasteiger partial charge is 0.439 e. The fourth-order valence-corrected chi connectivity index (χ4v) is 6.01. The molecular formula is C23H15ClF3N3O4S. The average Bonchev–Trinajstić information content (AvgIpc) is 3.44. The smallest absolute Gasteiger partial charge is 0.296 e. The van der Waals surface area contributed by atoms with Crippen molar-refractivity contribution in [2.75, 3.05) is 10.8 Å². The van der Waals surface area contributed by atoms with Crippen LogP contribution in [-0.2, 0) is 22.6 Å². The van der Waals surface area contributed by atoms with Crippen LogP contribution in [0.1, 0.15) is 11.1 Å². The maximum Gasteiger partial charge on any atom is 0.439 e. The normalized spacial score (nSPS) is 13.8. The van der Waals surface area contributed by atoms with Crippen molar-refractivity contribution in [3.8, 4) is 22.5 Å². The Bertz CT molecular complexity index is 1600. The number of hydrogen-bond acceptors (Lipinski definition) is 5. The van der Waals surface area contributed by atoms with Crippen LogP contribution in [0.3, 0.4) is 0 Å². The van der Waals surface area contributed by atoms with Gasteiger partial charge in [0, 0.05) is 12.1 Å².